The first-order valence-electron chi connectivity index (χ1n) is 5.14. The first kappa shape index (κ1) is 17.5. The molecule has 1 heterocycles. The van der Waals surface area contributed by atoms with E-state index in [0.717, 1.165) is 20.3 Å². The molecule has 6 heteroatoms. The summed E-state index contributed by atoms with van der Waals surface area (Å²) in [6.07, 6.45) is -0.787. The molecule has 1 aliphatic heterocycles. The molecule has 1 aliphatic rings. The quantitative estimate of drug-likeness (QED) is 0.465. The largest absolute Gasteiger partial charge is 0.553 e. The number of methoxy groups -OCH3 is 1. The molecule has 0 radical (unpaired) electrons. The van der Waals surface area contributed by atoms with Gasteiger partial charge in [-0.3, -0.25) is 0 Å². The maximum absolute atomic E-state index is 9.03. The SMILES string of the molecule is CC1C[NH+](C)C(C)N1C.CO.COC(=O)[O-]. The van der Waals surface area contributed by atoms with E-state index in [1.807, 2.05) is 0 Å². The van der Waals surface area contributed by atoms with E-state index in [1.165, 1.54) is 6.54 Å². The summed E-state index contributed by atoms with van der Waals surface area (Å²) in [6.45, 7) is 5.85. The van der Waals surface area contributed by atoms with E-state index in [1.54, 1.807) is 4.90 Å². The van der Waals surface area contributed by atoms with Crippen LogP contribution in [0, 0.1) is 0 Å². The second-order valence-corrected chi connectivity index (χ2v) is 3.70. The molecule has 0 saturated carbocycles. The number of ether oxygens (including phenoxy) is 1. The van der Waals surface area contributed by atoms with Crippen molar-refractivity contribution in [1.29, 1.82) is 0 Å². The predicted molar refractivity (Wildman–Crippen MR) is 59.0 cm³/mol. The number of carbonyl (C=O) groups excluding carboxylic acids is 1. The zero-order valence-electron chi connectivity index (χ0n) is 11.0. The second-order valence-electron chi connectivity index (χ2n) is 3.70. The van der Waals surface area contributed by atoms with Gasteiger partial charge in [-0.15, -0.1) is 0 Å². The number of hydrogen-bond donors (Lipinski definition) is 2. The van der Waals surface area contributed by atoms with Gasteiger partial charge in [-0.2, -0.15) is 0 Å². The Balaban J connectivity index is 0. The van der Waals surface area contributed by atoms with Gasteiger partial charge in [0, 0.05) is 21.1 Å². The van der Waals surface area contributed by atoms with Crippen LogP contribution in [0.4, 0.5) is 4.79 Å². The fourth-order valence-corrected chi connectivity index (χ4v) is 1.51. The number of likely N-dealkylation sites (N-methyl/N-ethyl adjacent to an activating group) is 2. The van der Waals surface area contributed by atoms with Gasteiger partial charge in [0.1, 0.15) is 6.17 Å². The molecule has 3 unspecified atom stereocenters. The number of aliphatic hydroxyl groups is 1. The Morgan fingerprint density at radius 2 is 1.88 bits per heavy atom. The number of aliphatic hydroxyl groups excluding tert-OH is 1. The molecule has 0 aromatic heterocycles. The Morgan fingerprint density at radius 3 is 1.94 bits per heavy atom. The summed E-state index contributed by atoms with van der Waals surface area (Å²) >= 11 is 0. The van der Waals surface area contributed by atoms with Gasteiger partial charge >= 0.3 is 0 Å². The maximum Gasteiger partial charge on any atom is 0.251 e. The minimum atomic E-state index is -1.50. The number of rotatable bonds is 0. The molecule has 0 amide bonds. The minimum Gasteiger partial charge on any atom is -0.553 e. The molecule has 0 aromatic carbocycles. The van der Waals surface area contributed by atoms with Crippen LogP contribution >= 0.6 is 0 Å². The van der Waals surface area contributed by atoms with Crippen LogP contribution in [0.25, 0.3) is 0 Å². The van der Waals surface area contributed by atoms with Crippen molar-refractivity contribution in [3.63, 3.8) is 0 Å². The maximum atomic E-state index is 9.03. The number of hydrogen-bond acceptors (Lipinski definition) is 5. The van der Waals surface area contributed by atoms with Gasteiger partial charge in [-0.25, -0.2) is 4.90 Å². The van der Waals surface area contributed by atoms with Gasteiger partial charge in [0.05, 0.1) is 19.6 Å². The molecule has 0 aromatic rings. The van der Waals surface area contributed by atoms with Crippen molar-refractivity contribution in [3.8, 4) is 0 Å². The van der Waals surface area contributed by atoms with Crippen molar-refractivity contribution < 1.29 is 24.6 Å². The Labute approximate surface area is 97.4 Å². The Hall–Kier alpha value is -0.850. The molecule has 1 saturated heterocycles. The third-order valence-corrected chi connectivity index (χ3v) is 2.80. The Kier molecular flexibility index (Phi) is 10.3. The van der Waals surface area contributed by atoms with E-state index >= 15 is 0 Å². The van der Waals surface area contributed by atoms with Gasteiger partial charge < -0.3 is 24.6 Å². The fraction of sp³-hybridized carbons (Fsp3) is 0.900. The number of quaternary nitrogens is 1. The van der Waals surface area contributed by atoms with Crippen molar-refractivity contribution in [3.05, 3.63) is 0 Å². The second kappa shape index (κ2) is 9.38. The van der Waals surface area contributed by atoms with Crippen molar-refractivity contribution in [2.75, 3.05) is 34.9 Å². The summed E-state index contributed by atoms with van der Waals surface area (Å²) in [6, 6.07) is 0.764. The molecule has 0 bridgehead atoms. The molecule has 16 heavy (non-hydrogen) atoms. The molecule has 0 spiro atoms. The van der Waals surface area contributed by atoms with Gasteiger partial charge in [-0.1, -0.05) is 0 Å². The van der Waals surface area contributed by atoms with Crippen molar-refractivity contribution in [2.24, 2.45) is 0 Å². The third kappa shape index (κ3) is 6.60. The van der Waals surface area contributed by atoms with Crippen LogP contribution in [-0.4, -0.2) is 63.2 Å². The van der Waals surface area contributed by atoms with Crippen LogP contribution < -0.4 is 10.0 Å². The van der Waals surface area contributed by atoms with E-state index in [9.17, 15) is 0 Å². The standard InChI is InChI=1S/C7H16N2.C2H4O3.CH4O/c1-6-5-8(3)7(2)9(6)4;1-5-2(3)4;1-2/h6-7H,5H2,1-4H3;1H3,(H,3,4);2H,1H3. The van der Waals surface area contributed by atoms with Crippen LogP contribution in [0.2, 0.25) is 0 Å². The third-order valence-electron chi connectivity index (χ3n) is 2.80. The highest BCUT2D eigenvalue weighted by molar-refractivity contribution is 5.53. The molecule has 2 N–H and O–H groups in total. The molecule has 0 aliphatic carbocycles. The summed E-state index contributed by atoms with van der Waals surface area (Å²) in [7, 11) is 6.49. The van der Waals surface area contributed by atoms with E-state index in [0.29, 0.717) is 6.17 Å². The average molecular weight is 236 g/mol. The lowest BCUT2D eigenvalue weighted by molar-refractivity contribution is -0.896. The summed E-state index contributed by atoms with van der Waals surface area (Å²) in [4.78, 5) is 13.1. The van der Waals surface area contributed by atoms with E-state index < -0.39 is 6.16 Å². The lowest BCUT2D eigenvalue weighted by Crippen LogP contribution is -3.11. The lowest BCUT2D eigenvalue weighted by Gasteiger charge is -2.17. The monoisotopic (exact) mass is 236 g/mol. The van der Waals surface area contributed by atoms with Crippen LogP contribution in [-0.2, 0) is 4.74 Å². The Morgan fingerprint density at radius 1 is 1.50 bits per heavy atom. The average Bonchev–Trinajstić information content (AvgIpc) is 2.49. The van der Waals surface area contributed by atoms with E-state index in [4.69, 9.17) is 15.0 Å². The summed E-state index contributed by atoms with van der Waals surface area (Å²) in [5.74, 6) is 0. The molecule has 98 valence electrons. The van der Waals surface area contributed by atoms with Crippen LogP contribution in [0.3, 0.4) is 0 Å². The predicted octanol–water partition coefficient (Wildman–Crippen LogP) is -2.23. The molecular formula is C10H24N2O4. The van der Waals surface area contributed by atoms with Gasteiger partial charge in [0.2, 0.25) is 0 Å². The number of nitrogens with one attached hydrogen (secondary N) is 1. The van der Waals surface area contributed by atoms with E-state index in [-0.39, 0.29) is 0 Å². The van der Waals surface area contributed by atoms with Crippen LogP contribution in [0.15, 0.2) is 0 Å². The van der Waals surface area contributed by atoms with Gasteiger partial charge in [0.15, 0.2) is 0 Å². The molecular weight excluding hydrogens is 212 g/mol. The summed E-state index contributed by atoms with van der Waals surface area (Å²) in [5.41, 5.74) is 0. The molecule has 3 atom stereocenters. The highest BCUT2D eigenvalue weighted by atomic mass is 16.6. The highest BCUT2D eigenvalue weighted by Gasteiger charge is 2.31. The minimum absolute atomic E-state index is 0.708. The molecule has 1 fully saturated rings. The van der Waals surface area contributed by atoms with E-state index in [2.05, 4.69) is 37.6 Å². The van der Waals surface area contributed by atoms with Gasteiger partial charge in [0.25, 0.3) is 6.16 Å². The first-order valence-corrected chi connectivity index (χ1v) is 5.14. The van der Waals surface area contributed by atoms with Crippen molar-refractivity contribution in [2.45, 2.75) is 26.1 Å². The number of carboxylic acid groups (broad SMARTS) is 1. The Bertz CT molecular complexity index is 178. The number of carbonyl (C=O) groups is 1. The molecule has 1 rings (SSSR count). The van der Waals surface area contributed by atoms with Crippen molar-refractivity contribution >= 4 is 6.16 Å². The van der Waals surface area contributed by atoms with Crippen LogP contribution in [0.1, 0.15) is 13.8 Å². The molecule has 6 nitrogen and oxygen atoms in total. The van der Waals surface area contributed by atoms with Crippen LogP contribution in [0.5, 0.6) is 0 Å². The zero-order chi connectivity index (χ0) is 13.3. The smallest absolute Gasteiger partial charge is 0.251 e. The van der Waals surface area contributed by atoms with Crippen molar-refractivity contribution in [1.82, 2.24) is 4.90 Å². The zero-order valence-corrected chi connectivity index (χ0v) is 11.0. The topological polar surface area (TPSA) is 77.3 Å². The first-order chi connectivity index (χ1) is 7.40. The number of nitrogens with zero attached hydrogens (tertiary/aromatic N) is 1. The highest BCUT2D eigenvalue weighted by Crippen LogP contribution is 2.00. The summed E-state index contributed by atoms with van der Waals surface area (Å²) < 4.78 is 3.56. The normalized spacial score (nSPS) is 28.3. The van der Waals surface area contributed by atoms with Gasteiger partial charge in [-0.05, 0) is 14.0 Å². The fourth-order valence-electron chi connectivity index (χ4n) is 1.51. The lowest BCUT2D eigenvalue weighted by atomic mass is 10.3. The summed E-state index contributed by atoms with van der Waals surface area (Å²) in [5, 5.41) is 16.0.